The van der Waals surface area contributed by atoms with Crippen LogP contribution >= 0.6 is 23.7 Å². The van der Waals surface area contributed by atoms with Gasteiger partial charge in [-0.05, 0) is 25.1 Å². The maximum absolute atomic E-state index is 13.7. The van der Waals surface area contributed by atoms with Crippen molar-refractivity contribution in [2.75, 3.05) is 12.4 Å². The largest absolute Gasteiger partial charge is 0.494 e. The van der Waals surface area contributed by atoms with Gasteiger partial charge in [0.1, 0.15) is 0 Å². The predicted molar refractivity (Wildman–Crippen MR) is 88.2 cm³/mol. The van der Waals surface area contributed by atoms with E-state index in [1.54, 1.807) is 24.4 Å². The molecule has 3 N–H and O–H groups in total. The number of anilines is 1. The van der Waals surface area contributed by atoms with Crippen LogP contribution in [0.1, 0.15) is 13.3 Å². The van der Waals surface area contributed by atoms with Crippen molar-refractivity contribution in [1.29, 1.82) is 0 Å². The molecule has 5 nitrogen and oxygen atoms in total. The average Bonchev–Trinajstić information content (AvgIpc) is 2.86. The summed E-state index contributed by atoms with van der Waals surface area (Å²) in [6.45, 7) is 1.76. The van der Waals surface area contributed by atoms with Gasteiger partial charge >= 0.3 is 0 Å². The maximum Gasteiger partial charge on any atom is 0.227 e. The van der Waals surface area contributed by atoms with Crippen LogP contribution in [-0.4, -0.2) is 24.0 Å². The number of benzene rings is 1. The normalized spacial score (nSPS) is 11.5. The Labute approximate surface area is 138 Å². The van der Waals surface area contributed by atoms with Crippen LogP contribution in [0.25, 0.3) is 11.3 Å². The van der Waals surface area contributed by atoms with Crippen molar-refractivity contribution in [3.05, 3.63) is 29.4 Å². The molecule has 0 aliphatic rings. The van der Waals surface area contributed by atoms with Crippen molar-refractivity contribution in [3.63, 3.8) is 0 Å². The summed E-state index contributed by atoms with van der Waals surface area (Å²) in [5.41, 5.74) is 6.77. The molecule has 8 heteroatoms. The van der Waals surface area contributed by atoms with Gasteiger partial charge in [0.25, 0.3) is 0 Å². The Hall–Kier alpha value is -1.70. The van der Waals surface area contributed by atoms with Crippen LogP contribution in [0.4, 0.5) is 9.52 Å². The lowest BCUT2D eigenvalue weighted by atomic mass is 10.1. The van der Waals surface area contributed by atoms with E-state index in [1.165, 1.54) is 24.5 Å². The van der Waals surface area contributed by atoms with E-state index in [-0.39, 0.29) is 36.5 Å². The van der Waals surface area contributed by atoms with E-state index in [9.17, 15) is 9.18 Å². The summed E-state index contributed by atoms with van der Waals surface area (Å²) in [7, 11) is 1.41. The number of amides is 1. The molecule has 1 heterocycles. The van der Waals surface area contributed by atoms with Crippen LogP contribution in [0.5, 0.6) is 5.75 Å². The zero-order valence-electron chi connectivity index (χ0n) is 12.1. The number of nitrogens with one attached hydrogen (secondary N) is 1. The summed E-state index contributed by atoms with van der Waals surface area (Å²) in [6.07, 6.45) is 0.228. The van der Waals surface area contributed by atoms with Crippen LogP contribution in [-0.2, 0) is 4.79 Å². The molecule has 2 rings (SSSR count). The first-order valence-corrected chi connectivity index (χ1v) is 7.22. The smallest absolute Gasteiger partial charge is 0.227 e. The van der Waals surface area contributed by atoms with Crippen LogP contribution < -0.4 is 15.8 Å². The third kappa shape index (κ3) is 4.66. The molecule has 1 aromatic heterocycles. The minimum Gasteiger partial charge on any atom is -0.494 e. The van der Waals surface area contributed by atoms with Crippen molar-refractivity contribution in [2.45, 2.75) is 19.4 Å². The Kier molecular flexibility index (Phi) is 6.73. The molecular formula is C14H17ClFN3O2S. The molecule has 0 bridgehead atoms. The molecule has 1 unspecified atom stereocenters. The lowest BCUT2D eigenvalue weighted by molar-refractivity contribution is -0.116. The molecule has 0 saturated carbocycles. The van der Waals surface area contributed by atoms with E-state index < -0.39 is 5.82 Å². The number of hydrogen-bond acceptors (Lipinski definition) is 5. The highest BCUT2D eigenvalue weighted by atomic mass is 35.5. The lowest BCUT2D eigenvalue weighted by Gasteiger charge is -2.04. The van der Waals surface area contributed by atoms with Gasteiger partial charge in [-0.15, -0.1) is 23.7 Å². The summed E-state index contributed by atoms with van der Waals surface area (Å²) in [5, 5.41) is 4.89. The first-order valence-electron chi connectivity index (χ1n) is 6.34. The maximum atomic E-state index is 13.7. The topological polar surface area (TPSA) is 77.2 Å². The summed E-state index contributed by atoms with van der Waals surface area (Å²) < 4.78 is 18.5. The van der Waals surface area contributed by atoms with Gasteiger partial charge in [-0.25, -0.2) is 9.37 Å². The molecule has 1 aromatic carbocycles. The number of halogens is 2. The van der Waals surface area contributed by atoms with Crippen LogP contribution in [0, 0.1) is 5.82 Å². The first kappa shape index (κ1) is 18.3. The number of carbonyl (C=O) groups excluding carboxylic acids is 1. The molecule has 0 saturated heterocycles. The Morgan fingerprint density at radius 1 is 1.55 bits per heavy atom. The van der Waals surface area contributed by atoms with Crippen LogP contribution in [0.3, 0.4) is 0 Å². The highest BCUT2D eigenvalue weighted by Crippen LogP contribution is 2.28. The zero-order valence-corrected chi connectivity index (χ0v) is 13.8. The minimum absolute atomic E-state index is 0. The molecule has 2 aromatic rings. The number of nitrogens with zero attached hydrogens (tertiary/aromatic N) is 1. The molecule has 0 radical (unpaired) electrons. The van der Waals surface area contributed by atoms with E-state index in [4.69, 9.17) is 10.5 Å². The van der Waals surface area contributed by atoms with Crippen molar-refractivity contribution >= 4 is 34.8 Å². The molecular weight excluding hydrogens is 329 g/mol. The number of methoxy groups -OCH3 is 1. The number of nitrogens with two attached hydrogens (primary N) is 1. The van der Waals surface area contributed by atoms with Gasteiger partial charge < -0.3 is 15.8 Å². The Morgan fingerprint density at radius 2 is 2.27 bits per heavy atom. The predicted octanol–water partition coefficient (Wildman–Crippen LogP) is 3.06. The van der Waals surface area contributed by atoms with Gasteiger partial charge in [-0.3, -0.25) is 4.79 Å². The van der Waals surface area contributed by atoms with E-state index >= 15 is 0 Å². The van der Waals surface area contributed by atoms with E-state index in [0.717, 1.165) is 0 Å². The number of aromatic nitrogens is 1. The van der Waals surface area contributed by atoms with Crippen LogP contribution in [0.15, 0.2) is 23.6 Å². The van der Waals surface area contributed by atoms with E-state index in [2.05, 4.69) is 10.3 Å². The van der Waals surface area contributed by atoms with E-state index in [0.29, 0.717) is 16.4 Å². The second-order valence-corrected chi connectivity index (χ2v) is 5.47. The van der Waals surface area contributed by atoms with Crippen molar-refractivity contribution in [1.82, 2.24) is 4.98 Å². The molecule has 0 aliphatic heterocycles. The van der Waals surface area contributed by atoms with Crippen molar-refractivity contribution < 1.29 is 13.9 Å². The Bertz CT molecular complexity index is 649. The van der Waals surface area contributed by atoms with Crippen molar-refractivity contribution in [2.24, 2.45) is 5.73 Å². The molecule has 22 heavy (non-hydrogen) atoms. The number of ether oxygens (including phenoxy) is 1. The van der Waals surface area contributed by atoms with Gasteiger partial charge in [0.15, 0.2) is 16.7 Å². The summed E-state index contributed by atoms with van der Waals surface area (Å²) in [5.74, 6) is -0.461. The highest BCUT2D eigenvalue weighted by Gasteiger charge is 2.11. The quantitative estimate of drug-likeness (QED) is 0.873. The first-order chi connectivity index (χ1) is 9.99. The third-order valence-corrected chi connectivity index (χ3v) is 3.46. The van der Waals surface area contributed by atoms with Gasteiger partial charge in [-0.1, -0.05) is 0 Å². The van der Waals surface area contributed by atoms with Crippen molar-refractivity contribution in [3.8, 4) is 17.0 Å². The standard InChI is InChI=1S/C14H16FN3O2S.ClH/c1-8(16)5-13(19)18-14-17-11(7-21-14)9-3-4-12(20-2)10(15)6-9;/h3-4,6-8H,5,16H2,1-2H3,(H,17,18,19);1H. The van der Waals surface area contributed by atoms with E-state index in [1.807, 2.05) is 0 Å². The summed E-state index contributed by atoms with van der Waals surface area (Å²) >= 11 is 1.28. The number of hydrogen-bond donors (Lipinski definition) is 2. The summed E-state index contributed by atoms with van der Waals surface area (Å²) in [6, 6.07) is 4.39. The van der Waals surface area contributed by atoms with Gasteiger partial charge in [0.05, 0.1) is 12.8 Å². The summed E-state index contributed by atoms with van der Waals surface area (Å²) in [4.78, 5) is 15.9. The SMILES string of the molecule is COc1ccc(-c2csc(NC(=O)CC(C)N)n2)cc1F.Cl. The minimum atomic E-state index is -0.453. The zero-order chi connectivity index (χ0) is 15.4. The fourth-order valence-corrected chi connectivity index (χ4v) is 2.49. The third-order valence-electron chi connectivity index (χ3n) is 2.71. The molecule has 1 amide bonds. The monoisotopic (exact) mass is 345 g/mol. The second kappa shape index (κ2) is 8.07. The fraction of sp³-hybridized carbons (Fsp3) is 0.286. The van der Waals surface area contributed by atoms with Gasteiger partial charge in [-0.2, -0.15) is 0 Å². The molecule has 0 aliphatic carbocycles. The Morgan fingerprint density at radius 3 is 2.86 bits per heavy atom. The van der Waals surface area contributed by atoms with Gasteiger partial charge in [0.2, 0.25) is 5.91 Å². The molecule has 120 valence electrons. The molecule has 0 spiro atoms. The number of carbonyl (C=O) groups is 1. The Balaban J connectivity index is 0.00000242. The highest BCUT2D eigenvalue weighted by molar-refractivity contribution is 7.14. The van der Waals surface area contributed by atoms with Gasteiger partial charge in [0, 0.05) is 23.4 Å². The molecule has 0 fully saturated rings. The second-order valence-electron chi connectivity index (χ2n) is 4.62. The average molecular weight is 346 g/mol. The lowest BCUT2D eigenvalue weighted by Crippen LogP contribution is -2.23. The molecule has 1 atom stereocenters. The number of rotatable bonds is 5. The number of thiazole rings is 1. The fourth-order valence-electron chi connectivity index (χ4n) is 1.75. The van der Waals surface area contributed by atoms with Crippen LogP contribution in [0.2, 0.25) is 0 Å².